The van der Waals surface area contributed by atoms with Crippen molar-refractivity contribution < 1.29 is 14.5 Å². The third-order valence-corrected chi connectivity index (χ3v) is 3.88. The van der Waals surface area contributed by atoms with E-state index < -0.39 is 16.9 Å². The maximum Gasteiger partial charge on any atom is 0.338 e. The second kappa shape index (κ2) is 6.90. The van der Waals surface area contributed by atoms with E-state index in [2.05, 4.69) is 20.8 Å². The van der Waals surface area contributed by atoms with Crippen LogP contribution in [0, 0.1) is 16.0 Å². The molecule has 0 saturated carbocycles. The van der Waals surface area contributed by atoms with Gasteiger partial charge in [-0.2, -0.15) is 4.68 Å². The van der Waals surface area contributed by atoms with Crippen molar-refractivity contribution >= 4 is 17.6 Å². The largest absolute Gasteiger partial charge is 0.462 e. The average molecular weight is 358 g/mol. The van der Waals surface area contributed by atoms with Gasteiger partial charge in [0.1, 0.15) is 6.04 Å². The van der Waals surface area contributed by atoms with Crippen LogP contribution in [0.1, 0.15) is 32.4 Å². The fourth-order valence-corrected chi connectivity index (χ4v) is 2.71. The van der Waals surface area contributed by atoms with Crippen molar-refractivity contribution in [2.75, 3.05) is 11.9 Å². The molecule has 1 aliphatic heterocycles. The number of rotatable bonds is 5. The molecular weight excluding hydrogens is 340 g/mol. The standard InChI is InChI=1S/C16H18N6O4/c1-9(2)8-26-15(23)13-10(3)17-16-18-19-20-21(16)14(13)11-5-4-6-12(7-11)22(24)25/h4-7,9,14H,8H2,1-3H3,(H,17,18,20). The molecule has 1 aliphatic rings. The smallest absolute Gasteiger partial charge is 0.338 e. The summed E-state index contributed by atoms with van der Waals surface area (Å²) in [7, 11) is 0. The number of tetrazole rings is 1. The summed E-state index contributed by atoms with van der Waals surface area (Å²) in [6.07, 6.45) is 0. The minimum Gasteiger partial charge on any atom is -0.462 e. The van der Waals surface area contributed by atoms with Gasteiger partial charge in [0.2, 0.25) is 5.95 Å². The van der Waals surface area contributed by atoms with E-state index in [-0.39, 0.29) is 18.2 Å². The highest BCUT2D eigenvalue weighted by Crippen LogP contribution is 2.35. The molecule has 1 unspecified atom stereocenters. The van der Waals surface area contributed by atoms with E-state index in [1.54, 1.807) is 19.1 Å². The summed E-state index contributed by atoms with van der Waals surface area (Å²) in [5.41, 5.74) is 1.29. The number of non-ortho nitro benzene ring substituents is 1. The van der Waals surface area contributed by atoms with Crippen molar-refractivity contribution in [3.05, 3.63) is 51.2 Å². The molecule has 1 aromatic carbocycles. The Morgan fingerprint density at radius 1 is 1.46 bits per heavy atom. The van der Waals surface area contributed by atoms with Gasteiger partial charge in [0.05, 0.1) is 17.1 Å². The molecule has 1 aromatic heterocycles. The number of carbonyl (C=O) groups excluding carboxylic acids is 1. The lowest BCUT2D eigenvalue weighted by atomic mass is 9.95. The number of nitrogens with zero attached hydrogens (tertiary/aromatic N) is 5. The molecular formula is C16H18N6O4. The van der Waals surface area contributed by atoms with Crippen molar-refractivity contribution in [1.29, 1.82) is 0 Å². The lowest BCUT2D eigenvalue weighted by Gasteiger charge is -2.27. The summed E-state index contributed by atoms with van der Waals surface area (Å²) in [5, 5.41) is 25.5. The molecule has 2 aromatic rings. The third kappa shape index (κ3) is 3.25. The van der Waals surface area contributed by atoms with E-state index in [0.717, 1.165) is 0 Å². The number of hydrogen-bond acceptors (Lipinski definition) is 8. The lowest BCUT2D eigenvalue weighted by Crippen LogP contribution is -2.30. The summed E-state index contributed by atoms with van der Waals surface area (Å²) in [6, 6.07) is 5.33. The van der Waals surface area contributed by atoms with Crippen LogP contribution in [0.15, 0.2) is 35.5 Å². The second-order valence-corrected chi connectivity index (χ2v) is 6.36. The fraction of sp³-hybridized carbons (Fsp3) is 0.375. The normalized spacial score (nSPS) is 16.2. The molecule has 0 aliphatic carbocycles. The number of fused-ring (bicyclic) bond motifs is 1. The fourth-order valence-electron chi connectivity index (χ4n) is 2.71. The highest BCUT2D eigenvalue weighted by Gasteiger charge is 2.35. The Labute approximate surface area is 149 Å². The van der Waals surface area contributed by atoms with Crippen molar-refractivity contribution in [3.63, 3.8) is 0 Å². The maximum atomic E-state index is 12.7. The summed E-state index contributed by atoms with van der Waals surface area (Å²) in [6.45, 7) is 5.85. The van der Waals surface area contributed by atoms with Gasteiger partial charge in [-0.15, -0.1) is 0 Å². The molecule has 0 saturated heterocycles. The summed E-state index contributed by atoms with van der Waals surface area (Å²) in [4.78, 5) is 23.4. The molecule has 26 heavy (non-hydrogen) atoms. The Balaban J connectivity index is 2.07. The number of esters is 1. The number of nitro benzene ring substituents is 1. The quantitative estimate of drug-likeness (QED) is 0.489. The van der Waals surface area contributed by atoms with E-state index >= 15 is 0 Å². The molecule has 10 nitrogen and oxygen atoms in total. The molecule has 1 atom stereocenters. The van der Waals surface area contributed by atoms with Crippen LogP contribution in [0.4, 0.5) is 11.6 Å². The maximum absolute atomic E-state index is 12.7. The molecule has 0 spiro atoms. The van der Waals surface area contributed by atoms with Gasteiger partial charge in [0.15, 0.2) is 0 Å². The third-order valence-electron chi connectivity index (χ3n) is 3.88. The van der Waals surface area contributed by atoms with E-state index in [0.29, 0.717) is 22.8 Å². The molecule has 2 heterocycles. The summed E-state index contributed by atoms with van der Waals surface area (Å²) in [5.74, 6) is 0.0111. The molecule has 0 amide bonds. The number of hydrogen-bond donors (Lipinski definition) is 1. The average Bonchev–Trinajstić information content (AvgIpc) is 3.06. The number of benzene rings is 1. The molecule has 1 N–H and O–H groups in total. The molecule has 10 heteroatoms. The first-order valence-corrected chi connectivity index (χ1v) is 8.05. The number of nitrogens with one attached hydrogen (secondary N) is 1. The Kier molecular flexibility index (Phi) is 4.65. The zero-order chi connectivity index (χ0) is 18.8. The Morgan fingerprint density at radius 3 is 2.92 bits per heavy atom. The van der Waals surface area contributed by atoms with Crippen LogP contribution >= 0.6 is 0 Å². The van der Waals surface area contributed by atoms with Gasteiger partial charge in [-0.1, -0.05) is 31.1 Å². The van der Waals surface area contributed by atoms with Crippen LogP contribution in [0.5, 0.6) is 0 Å². The SMILES string of the molecule is CC1=C(C(=O)OCC(C)C)C(c2cccc([N+](=O)[O-])c2)n2nnnc2N1. The van der Waals surface area contributed by atoms with Gasteiger partial charge >= 0.3 is 5.97 Å². The lowest BCUT2D eigenvalue weighted by molar-refractivity contribution is -0.384. The topological polar surface area (TPSA) is 125 Å². The number of allylic oxidation sites excluding steroid dienone is 1. The minimum atomic E-state index is -0.721. The van der Waals surface area contributed by atoms with E-state index in [4.69, 9.17) is 4.74 Å². The van der Waals surface area contributed by atoms with Crippen LogP contribution in [0.2, 0.25) is 0 Å². The van der Waals surface area contributed by atoms with Gasteiger partial charge in [-0.3, -0.25) is 10.1 Å². The predicted molar refractivity (Wildman–Crippen MR) is 91.2 cm³/mol. The Morgan fingerprint density at radius 2 is 2.23 bits per heavy atom. The number of aromatic nitrogens is 4. The zero-order valence-electron chi connectivity index (χ0n) is 14.5. The predicted octanol–water partition coefficient (Wildman–Crippen LogP) is 2.07. The van der Waals surface area contributed by atoms with Crippen LogP contribution in [-0.4, -0.2) is 37.7 Å². The second-order valence-electron chi connectivity index (χ2n) is 6.36. The van der Waals surface area contributed by atoms with Gasteiger partial charge in [-0.05, 0) is 28.8 Å². The molecule has 3 rings (SSSR count). The van der Waals surface area contributed by atoms with Gasteiger partial charge in [-0.25, -0.2) is 4.79 Å². The molecule has 136 valence electrons. The van der Waals surface area contributed by atoms with Crippen LogP contribution in [-0.2, 0) is 9.53 Å². The van der Waals surface area contributed by atoms with Crippen LogP contribution in [0.25, 0.3) is 0 Å². The number of ether oxygens (including phenoxy) is 1. The molecule has 0 bridgehead atoms. The Bertz CT molecular complexity index is 888. The monoisotopic (exact) mass is 358 g/mol. The minimum absolute atomic E-state index is 0.0804. The van der Waals surface area contributed by atoms with E-state index in [9.17, 15) is 14.9 Å². The van der Waals surface area contributed by atoms with Crippen molar-refractivity contribution in [3.8, 4) is 0 Å². The van der Waals surface area contributed by atoms with Crippen LogP contribution < -0.4 is 5.32 Å². The van der Waals surface area contributed by atoms with E-state index in [1.165, 1.54) is 16.8 Å². The first kappa shape index (κ1) is 17.5. The number of carbonyl (C=O) groups is 1. The van der Waals surface area contributed by atoms with Crippen molar-refractivity contribution in [2.45, 2.75) is 26.8 Å². The first-order chi connectivity index (χ1) is 12.4. The summed E-state index contributed by atoms with van der Waals surface area (Å²) >= 11 is 0. The van der Waals surface area contributed by atoms with Gasteiger partial charge in [0, 0.05) is 17.8 Å². The number of anilines is 1. The van der Waals surface area contributed by atoms with Crippen molar-refractivity contribution in [2.24, 2.45) is 5.92 Å². The first-order valence-electron chi connectivity index (χ1n) is 8.05. The molecule has 0 radical (unpaired) electrons. The Hall–Kier alpha value is -3.30. The van der Waals surface area contributed by atoms with Crippen LogP contribution in [0.3, 0.4) is 0 Å². The van der Waals surface area contributed by atoms with Crippen molar-refractivity contribution in [1.82, 2.24) is 20.2 Å². The van der Waals surface area contributed by atoms with E-state index in [1.807, 2.05) is 13.8 Å². The molecule has 0 fully saturated rings. The van der Waals surface area contributed by atoms with Gasteiger partial charge < -0.3 is 10.1 Å². The summed E-state index contributed by atoms with van der Waals surface area (Å²) < 4.78 is 6.80. The zero-order valence-corrected chi connectivity index (χ0v) is 14.5. The highest BCUT2D eigenvalue weighted by molar-refractivity contribution is 5.92. The van der Waals surface area contributed by atoms with Gasteiger partial charge in [0.25, 0.3) is 5.69 Å². The number of nitro groups is 1. The highest BCUT2D eigenvalue weighted by atomic mass is 16.6.